The van der Waals surface area contributed by atoms with Crippen molar-refractivity contribution in [1.29, 1.82) is 0 Å². The first-order chi connectivity index (χ1) is 9.56. The molecule has 0 bridgehead atoms. The lowest BCUT2D eigenvalue weighted by Gasteiger charge is -2.12. The summed E-state index contributed by atoms with van der Waals surface area (Å²) in [5, 5.41) is 9.13. The van der Waals surface area contributed by atoms with Crippen molar-refractivity contribution in [2.24, 2.45) is 0 Å². The molecular weight excluding hydrogens is 248 g/mol. The van der Waals surface area contributed by atoms with E-state index in [0.29, 0.717) is 5.56 Å². The van der Waals surface area contributed by atoms with Gasteiger partial charge in [-0.05, 0) is 59.7 Å². The highest BCUT2D eigenvalue weighted by Crippen LogP contribution is 2.27. The van der Waals surface area contributed by atoms with Crippen LogP contribution in [0.5, 0.6) is 0 Å². The third kappa shape index (κ3) is 2.74. The highest BCUT2D eigenvalue weighted by molar-refractivity contribution is 5.90. The average Bonchev–Trinajstić information content (AvgIpc) is 2.46. The van der Waals surface area contributed by atoms with E-state index < -0.39 is 5.97 Å². The lowest BCUT2D eigenvalue weighted by atomic mass is 9.93. The van der Waals surface area contributed by atoms with Crippen molar-refractivity contribution >= 4 is 5.97 Å². The predicted molar refractivity (Wildman–Crippen MR) is 82.3 cm³/mol. The summed E-state index contributed by atoms with van der Waals surface area (Å²) in [4.78, 5) is 11.1. The van der Waals surface area contributed by atoms with Gasteiger partial charge in [-0.15, -0.1) is 0 Å². The molecule has 0 radical (unpaired) electrons. The van der Waals surface area contributed by atoms with E-state index in [2.05, 4.69) is 32.0 Å². The molecule has 2 aromatic carbocycles. The van der Waals surface area contributed by atoms with Gasteiger partial charge in [0.1, 0.15) is 0 Å². The molecule has 0 spiro atoms. The van der Waals surface area contributed by atoms with Gasteiger partial charge in [0.05, 0.1) is 5.56 Å². The van der Waals surface area contributed by atoms with Gasteiger partial charge in [-0.25, -0.2) is 4.79 Å². The summed E-state index contributed by atoms with van der Waals surface area (Å²) in [5.74, 6) is -0.882. The van der Waals surface area contributed by atoms with Crippen LogP contribution in [0.2, 0.25) is 0 Å². The van der Waals surface area contributed by atoms with Gasteiger partial charge in [0.15, 0.2) is 0 Å². The third-order valence-corrected chi connectivity index (χ3v) is 3.76. The molecule has 1 N–H and O–H groups in total. The number of hydrogen-bond donors (Lipinski definition) is 1. The summed E-state index contributed by atoms with van der Waals surface area (Å²) in [6.07, 6.45) is 2.02. The first-order valence-corrected chi connectivity index (χ1v) is 7.03. The molecule has 0 aliphatic rings. The fraction of sp³-hybridized carbons (Fsp3) is 0.278. The smallest absolute Gasteiger partial charge is 0.335 e. The summed E-state index contributed by atoms with van der Waals surface area (Å²) >= 11 is 0. The number of aryl methyl sites for hydroxylation is 3. The Morgan fingerprint density at radius 3 is 2.30 bits per heavy atom. The van der Waals surface area contributed by atoms with Gasteiger partial charge in [-0.1, -0.05) is 38.1 Å². The molecule has 0 aliphatic carbocycles. The van der Waals surface area contributed by atoms with Crippen LogP contribution in [0.15, 0.2) is 36.4 Å². The van der Waals surface area contributed by atoms with Crippen LogP contribution in [-0.4, -0.2) is 11.1 Å². The zero-order chi connectivity index (χ0) is 14.7. The van der Waals surface area contributed by atoms with Crippen LogP contribution in [0.25, 0.3) is 11.1 Å². The summed E-state index contributed by atoms with van der Waals surface area (Å²) in [5.41, 5.74) is 6.24. The van der Waals surface area contributed by atoms with Crippen LogP contribution in [-0.2, 0) is 12.8 Å². The Balaban J connectivity index is 2.56. The second-order valence-electron chi connectivity index (χ2n) is 5.03. The molecule has 0 aromatic heterocycles. The highest BCUT2D eigenvalue weighted by Gasteiger charge is 2.09. The van der Waals surface area contributed by atoms with E-state index in [1.807, 2.05) is 13.0 Å². The van der Waals surface area contributed by atoms with Gasteiger partial charge in [-0.3, -0.25) is 0 Å². The Hall–Kier alpha value is -2.09. The van der Waals surface area contributed by atoms with Crippen molar-refractivity contribution in [3.8, 4) is 11.1 Å². The summed E-state index contributed by atoms with van der Waals surface area (Å²) in [6.45, 7) is 6.32. The molecule has 0 amide bonds. The van der Waals surface area contributed by atoms with Crippen LogP contribution in [0.4, 0.5) is 0 Å². The minimum absolute atomic E-state index is 0.336. The van der Waals surface area contributed by atoms with Crippen molar-refractivity contribution in [2.75, 3.05) is 0 Å². The molecule has 104 valence electrons. The molecule has 2 heteroatoms. The Kier molecular flexibility index (Phi) is 4.23. The van der Waals surface area contributed by atoms with Crippen LogP contribution >= 0.6 is 0 Å². The summed E-state index contributed by atoms with van der Waals surface area (Å²) in [6, 6.07) is 11.7. The maximum Gasteiger partial charge on any atom is 0.335 e. The van der Waals surface area contributed by atoms with Crippen molar-refractivity contribution in [1.82, 2.24) is 0 Å². The molecule has 0 atom stereocenters. The van der Waals surface area contributed by atoms with Crippen molar-refractivity contribution in [3.05, 3.63) is 58.7 Å². The van der Waals surface area contributed by atoms with Crippen LogP contribution < -0.4 is 0 Å². The maximum absolute atomic E-state index is 11.1. The lowest BCUT2D eigenvalue weighted by molar-refractivity contribution is 0.0697. The van der Waals surface area contributed by atoms with Crippen LogP contribution in [0.3, 0.4) is 0 Å². The van der Waals surface area contributed by atoms with E-state index >= 15 is 0 Å². The SMILES string of the molecule is CCc1ccc(-c2cc(C(=O)O)ccc2C)cc1CC. The number of carboxylic acid groups (broad SMARTS) is 1. The minimum Gasteiger partial charge on any atom is -0.478 e. The highest BCUT2D eigenvalue weighted by atomic mass is 16.4. The van der Waals surface area contributed by atoms with E-state index in [0.717, 1.165) is 29.5 Å². The zero-order valence-electron chi connectivity index (χ0n) is 12.2. The molecule has 0 heterocycles. The Morgan fingerprint density at radius 2 is 1.70 bits per heavy atom. The number of carbonyl (C=O) groups is 1. The lowest BCUT2D eigenvalue weighted by Crippen LogP contribution is -1.98. The predicted octanol–water partition coefficient (Wildman–Crippen LogP) is 4.49. The number of carboxylic acids is 1. The molecule has 0 saturated carbocycles. The molecule has 20 heavy (non-hydrogen) atoms. The monoisotopic (exact) mass is 268 g/mol. The molecule has 0 fully saturated rings. The first-order valence-electron chi connectivity index (χ1n) is 7.03. The van der Waals surface area contributed by atoms with Crippen molar-refractivity contribution < 1.29 is 9.90 Å². The van der Waals surface area contributed by atoms with Crippen LogP contribution in [0, 0.1) is 6.92 Å². The Morgan fingerprint density at radius 1 is 1.00 bits per heavy atom. The topological polar surface area (TPSA) is 37.3 Å². The molecule has 2 rings (SSSR count). The summed E-state index contributed by atoms with van der Waals surface area (Å²) < 4.78 is 0. The van der Waals surface area contributed by atoms with Gasteiger partial charge < -0.3 is 5.11 Å². The fourth-order valence-corrected chi connectivity index (χ4v) is 2.53. The first kappa shape index (κ1) is 14.3. The Bertz CT molecular complexity index is 642. The quantitative estimate of drug-likeness (QED) is 0.887. The second kappa shape index (κ2) is 5.91. The van der Waals surface area contributed by atoms with Gasteiger partial charge >= 0.3 is 5.97 Å². The standard InChI is InChI=1S/C18H20O2/c1-4-13-8-9-15(10-14(13)5-2)17-11-16(18(19)20)7-6-12(17)3/h6-11H,4-5H2,1-3H3,(H,19,20). The average molecular weight is 268 g/mol. The number of rotatable bonds is 4. The number of aromatic carboxylic acids is 1. The molecule has 2 nitrogen and oxygen atoms in total. The molecule has 2 aromatic rings. The molecular formula is C18H20O2. The van der Waals surface area contributed by atoms with Crippen LogP contribution in [0.1, 0.15) is 40.9 Å². The van der Waals surface area contributed by atoms with E-state index in [1.54, 1.807) is 12.1 Å². The molecule has 0 unspecified atom stereocenters. The maximum atomic E-state index is 11.1. The minimum atomic E-state index is -0.882. The van der Waals surface area contributed by atoms with E-state index in [4.69, 9.17) is 5.11 Å². The second-order valence-corrected chi connectivity index (χ2v) is 5.03. The fourth-order valence-electron chi connectivity index (χ4n) is 2.53. The zero-order valence-corrected chi connectivity index (χ0v) is 12.2. The number of hydrogen-bond acceptors (Lipinski definition) is 1. The summed E-state index contributed by atoms with van der Waals surface area (Å²) in [7, 11) is 0. The largest absolute Gasteiger partial charge is 0.478 e. The molecule has 0 aliphatic heterocycles. The van der Waals surface area contributed by atoms with E-state index in [9.17, 15) is 4.79 Å². The van der Waals surface area contributed by atoms with Crippen molar-refractivity contribution in [2.45, 2.75) is 33.6 Å². The van der Waals surface area contributed by atoms with E-state index in [1.165, 1.54) is 11.1 Å². The Labute approximate surface area is 120 Å². The van der Waals surface area contributed by atoms with E-state index in [-0.39, 0.29) is 0 Å². The third-order valence-electron chi connectivity index (χ3n) is 3.76. The molecule has 0 saturated heterocycles. The normalized spacial score (nSPS) is 10.6. The van der Waals surface area contributed by atoms with Gasteiger partial charge in [0.2, 0.25) is 0 Å². The number of benzene rings is 2. The van der Waals surface area contributed by atoms with Gasteiger partial charge in [0, 0.05) is 0 Å². The van der Waals surface area contributed by atoms with Crippen molar-refractivity contribution in [3.63, 3.8) is 0 Å². The van der Waals surface area contributed by atoms with Gasteiger partial charge in [-0.2, -0.15) is 0 Å². The van der Waals surface area contributed by atoms with Gasteiger partial charge in [0.25, 0.3) is 0 Å².